The summed E-state index contributed by atoms with van der Waals surface area (Å²) in [5, 5.41) is 10.7. The first kappa shape index (κ1) is 32.0. The lowest BCUT2D eigenvalue weighted by atomic mass is 9.97. The number of benzene rings is 8. The highest BCUT2D eigenvalue weighted by atomic mass is 32.1. The second-order valence-corrected chi connectivity index (χ2v) is 15.6. The van der Waals surface area contributed by atoms with Gasteiger partial charge in [-0.25, -0.2) is 9.98 Å². The molecular formula is C51H32N4OS. The van der Waals surface area contributed by atoms with Gasteiger partial charge in [0.2, 0.25) is 0 Å². The second-order valence-electron chi connectivity index (χ2n) is 14.6. The van der Waals surface area contributed by atoms with Gasteiger partial charge in [0.05, 0.1) is 22.1 Å². The molecule has 6 heteroatoms. The van der Waals surface area contributed by atoms with Gasteiger partial charge in [-0.15, -0.1) is 11.3 Å². The number of hydrogen-bond donors (Lipinski definition) is 1. The average Bonchev–Trinajstić information content (AvgIpc) is 3.96. The Kier molecular flexibility index (Phi) is 7.09. The van der Waals surface area contributed by atoms with Crippen molar-refractivity contribution in [3.63, 3.8) is 0 Å². The summed E-state index contributed by atoms with van der Waals surface area (Å²) < 4.78 is 11.5. The predicted molar refractivity (Wildman–Crippen MR) is 238 cm³/mol. The fourth-order valence-corrected chi connectivity index (χ4v) is 9.74. The number of fused-ring (bicyclic) bond motifs is 9. The van der Waals surface area contributed by atoms with Crippen LogP contribution in [-0.4, -0.2) is 16.2 Å². The highest BCUT2D eigenvalue weighted by Gasteiger charge is 2.23. The van der Waals surface area contributed by atoms with Gasteiger partial charge in [-0.05, 0) is 77.4 Å². The molecule has 57 heavy (non-hydrogen) atoms. The summed E-state index contributed by atoms with van der Waals surface area (Å²) >= 11 is 1.82. The van der Waals surface area contributed by atoms with Crippen LogP contribution >= 0.6 is 11.3 Å². The molecule has 0 saturated heterocycles. The molecule has 1 aliphatic heterocycles. The Morgan fingerprint density at radius 2 is 1.12 bits per heavy atom. The van der Waals surface area contributed by atoms with Gasteiger partial charge < -0.3 is 14.3 Å². The summed E-state index contributed by atoms with van der Waals surface area (Å²) in [7, 11) is 0. The molecule has 12 rings (SSSR count). The smallest absolute Gasteiger partial charge is 0.159 e. The number of aliphatic imine (C=N–C) groups is 2. The van der Waals surface area contributed by atoms with Crippen LogP contribution in [0.2, 0.25) is 0 Å². The summed E-state index contributed by atoms with van der Waals surface area (Å²) in [5.74, 6) is 1.53. The lowest BCUT2D eigenvalue weighted by Gasteiger charge is -2.23. The van der Waals surface area contributed by atoms with E-state index in [0.717, 1.165) is 61.3 Å². The minimum absolute atomic E-state index is 0.256. The Morgan fingerprint density at radius 1 is 0.509 bits per heavy atom. The van der Waals surface area contributed by atoms with E-state index in [1.165, 1.54) is 42.0 Å². The molecule has 1 unspecified atom stereocenters. The minimum Gasteiger partial charge on any atom is -0.456 e. The van der Waals surface area contributed by atoms with Crippen LogP contribution in [0, 0.1) is 0 Å². The van der Waals surface area contributed by atoms with Crippen molar-refractivity contribution in [1.29, 1.82) is 0 Å². The van der Waals surface area contributed by atoms with Crippen LogP contribution in [0.5, 0.6) is 0 Å². The van der Waals surface area contributed by atoms with Crippen molar-refractivity contribution >= 4 is 86.9 Å². The van der Waals surface area contributed by atoms with E-state index in [0.29, 0.717) is 5.84 Å². The quantitative estimate of drug-likeness (QED) is 0.191. The standard InChI is InChI=1S/C51H32N4OS/c1-3-13-31(14-4-1)49-52-50(32-15-5-2-6-16-32)54-51(53-49)34-26-28-46-39(30-34)38-29-33(25-27-45(38)57-46)35-19-11-23-43-47(35)48-42(22-12-24-44(48)56-43)55-40-20-9-7-17-36(40)37-18-8-10-21-41(37)55/h1-30,49H,(H,52,53,54). The third-order valence-corrected chi connectivity index (χ3v) is 12.4. The number of hydrogen-bond acceptors (Lipinski definition) is 5. The van der Waals surface area contributed by atoms with Gasteiger partial charge in [0.25, 0.3) is 0 Å². The number of nitrogens with one attached hydrogen (secondary N) is 1. The van der Waals surface area contributed by atoms with Gasteiger partial charge in [0, 0.05) is 47.5 Å². The number of para-hydroxylation sites is 2. The molecular weight excluding hydrogens is 717 g/mol. The number of aromatic nitrogens is 1. The third kappa shape index (κ3) is 5.08. The molecule has 3 aromatic heterocycles. The zero-order valence-corrected chi connectivity index (χ0v) is 31.4. The van der Waals surface area contributed by atoms with Crippen molar-refractivity contribution in [3.05, 3.63) is 199 Å². The minimum atomic E-state index is -0.256. The van der Waals surface area contributed by atoms with Crippen LogP contribution in [0.3, 0.4) is 0 Å². The van der Waals surface area contributed by atoms with Gasteiger partial charge in [0.15, 0.2) is 5.84 Å². The monoisotopic (exact) mass is 748 g/mol. The summed E-state index contributed by atoms with van der Waals surface area (Å²) in [6.07, 6.45) is -0.256. The topological polar surface area (TPSA) is 54.8 Å². The van der Waals surface area contributed by atoms with E-state index in [1.54, 1.807) is 0 Å². The first-order chi connectivity index (χ1) is 28.2. The predicted octanol–water partition coefficient (Wildman–Crippen LogP) is 13.2. The molecule has 1 atom stereocenters. The fourth-order valence-electron chi connectivity index (χ4n) is 8.67. The molecule has 0 bridgehead atoms. The molecule has 0 amide bonds. The second kappa shape index (κ2) is 12.6. The molecule has 1 aliphatic rings. The van der Waals surface area contributed by atoms with Crippen molar-refractivity contribution in [2.24, 2.45) is 9.98 Å². The molecule has 8 aromatic carbocycles. The number of amidine groups is 2. The molecule has 0 saturated carbocycles. The van der Waals surface area contributed by atoms with Crippen LogP contribution < -0.4 is 5.32 Å². The van der Waals surface area contributed by atoms with Gasteiger partial charge in [-0.1, -0.05) is 121 Å². The Bertz CT molecular complexity index is 3390. The van der Waals surface area contributed by atoms with Crippen molar-refractivity contribution < 1.29 is 4.42 Å². The first-order valence-corrected chi connectivity index (χ1v) is 20.0. The highest BCUT2D eigenvalue weighted by molar-refractivity contribution is 7.25. The SMILES string of the molecule is c1ccc(C2=NC(c3ccc4sc5ccc(-c6cccc7oc8cccc(-n9c%10ccccc%10c%10ccccc%109)c8c67)cc5c4c3)=NC(c3ccccc3)N2)cc1. The summed E-state index contributed by atoms with van der Waals surface area (Å²) in [6, 6.07) is 64.4. The largest absolute Gasteiger partial charge is 0.456 e. The Labute approximate surface area is 331 Å². The molecule has 0 radical (unpaired) electrons. The van der Waals surface area contributed by atoms with E-state index in [-0.39, 0.29) is 6.17 Å². The molecule has 0 fully saturated rings. The van der Waals surface area contributed by atoms with Crippen LogP contribution in [-0.2, 0) is 0 Å². The molecule has 0 spiro atoms. The van der Waals surface area contributed by atoms with Crippen LogP contribution in [0.4, 0.5) is 0 Å². The van der Waals surface area contributed by atoms with E-state index < -0.39 is 0 Å². The van der Waals surface area contributed by atoms with Crippen LogP contribution in [0.25, 0.3) is 80.7 Å². The number of nitrogens with zero attached hydrogens (tertiary/aromatic N) is 3. The van der Waals surface area contributed by atoms with E-state index in [1.807, 2.05) is 35.6 Å². The maximum atomic E-state index is 6.64. The van der Waals surface area contributed by atoms with Crippen molar-refractivity contribution in [1.82, 2.24) is 9.88 Å². The Morgan fingerprint density at radius 3 is 1.86 bits per heavy atom. The summed E-state index contributed by atoms with van der Waals surface area (Å²) in [6.45, 7) is 0. The summed E-state index contributed by atoms with van der Waals surface area (Å²) in [4.78, 5) is 10.3. The Balaban J connectivity index is 1.04. The van der Waals surface area contributed by atoms with Crippen molar-refractivity contribution in [2.45, 2.75) is 6.17 Å². The van der Waals surface area contributed by atoms with E-state index in [2.05, 4.69) is 168 Å². The van der Waals surface area contributed by atoms with E-state index >= 15 is 0 Å². The maximum absolute atomic E-state index is 6.64. The lowest BCUT2D eigenvalue weighted by Crippen LogP contribution is -2.33. The summed E-state index contributed by atoms with van der Waals surface area (Å²) in [5.41, 5.74) is 10.6. The van der Waals surface area contributed by atoms with Gasteiger partial charge in [-0.2, -0.15) is 0 Å². The average molecular weight is 749 g/mol. The molecule has 1 N–H and O–H groups in total. The Hall–Kier alpha value is -7.28. The zero-order chi connectivity index (χ0) is 37.5. The van der Waals surface area contributed by atoms with Gasteiger partial charge >= 0.3 is 0 Å². The van der Waals surface area contributed by atoms with Crippen molar-refractivity contribution in [2.75, 3.05) is 0 Å². The molecule has 11 aromatic rings. The van der Waals surface area contributed by atoms with Gasteiger partial charge in [-0.3, -0.25) is 0 Å². The number of rotatable bonds is 5. The molecule has 268 valence electrons. The normalized spacial score (nSPS) is 14.5. The van der Waals surface area contributed by atoms with E-state index in [9.17, 15) is 0 Å². The molecule has 4 heterocycles. The molecule has 0 aliphatic carbocycles. The first-order valence-electron chi connectivity index (χ1n) is 19.2. The van der Waals surface area contributed by atoms with E-state index in [4.69, 9.17) is 14.4 Å². The molecule has 5 nitrogen and oxygen atoms in total. The lowest BCUT2D eigenvalue weighted by molar-refractivity contribution is 0.669. The third-order valence-electron chi connectivity index (χ3n) is 11.3. The highest BCUT2D eigenvalue weighted by Crippen LogP contribution is 2.44. The van der Waals surface area contributed by atoms with Crippen molar-refractivity contribution in [3.8, 4) is 16.8 Å². The van der Waals surface area contributed by atoms with Gasteiger partial charge in [0.1, 0.15) is 23.2 Å². The number of furan rings is 1. The van der Waals surface area contributed by atoms with Crippen LogP contribution in [0.1, 0.15) is 22.9 Å². The number of thiophene rings is 1. The zero-order valence-electron chi connectivity index (χ0n) is 30.6. The maximum Gasteiger partial charge on any atom is 0.159 e. The van der Waals surface area contributed by atoms with Crippen LogP contribution in [0.15, 0.2) is 196 Å². The fraction of sp³-hybridized carbons (Fsp3) is 0.0196.